The Morgan fingerprint density at radius 3 is 2.74 bits per heavy atom. The third kappa shape index (κ3) is 5.29. The van der Waals surface area contributed by atoms with Crippen LogP contribution >= 0.6 is 11.8 Å². The van der Waals surface area contributed by atoms with Crippen molar-refractivity contribution in [2.24, 2.45) is 5.92 Å². The van der Waals surface area contributed by atoms with Crippen molar-refractivity contribution in [1.29, 1.82) is 0 Å². The van der Waals surface area contributed by atoms with Crippen molar-refractivity contribution in [2.45, 2.75) is 31.5 Å². The lowest BCUT2D eigenvalue weighted by molar-refractivity contribution is -0.130. The Balaban J connectivity index is 1.63. The van der Waals surface area contributed by atoms with Gasteiger partial charge in [-0.3, -0.25) is 14.9 Å². The number of aromatic amines is 1. The van der Waals surface area contributed by atoms with Crippen molar-refractivity contribution < 1.29 is 13.2 Å². The first kappa shape index (κ1) is 19.8. The van der Waals surface area contributed by atoms with E-state index in [-0.39, 0.29) is 35.1 Å². The smallest absolute Gasteiger partial charge is 0.233 e. The minimum Gasteiger partial charge on any atom is -0.338 e. The van der Waals surface area contributed by atoms with E-state index in [1.807, 2.05) is 26.0 Å². The maximum absolute atomic E-state index is 12.8. The third-order valence-electron chi connectivity index (χ3n) is 4.27. The van der Waals surface area contributed by atoms with Gasteiger partial charge in [-0.05, 0) is 24.5 Å². The van der Waals surface area contributed by atoms with Gasteiger partial charge >= 0.3 is 0 Å². The minimum atomic E-state index is -3.04. The molecule has 1 amide bonds. The second-order valence-electron chi connectivity index (χ2n) is 6.99. The molecule has 0 spiro atoms. The lowest BCUT2D eigenvalue weighted by atomic mass is 10.1. The van der Waals surface area contributed by atoms with Crippen LogP contribution in [0.1, 0.15) is 20.3 Å². The Bertz CT molecular complexity index is 883. The fourth-order valence-corrected chi connectivity index (χ4v) is 5.44. The molecule has 1 aliphatic rings. The van der Waals surface area contributed by atoms with Gasteiger partial charge in [0.25, 0.3) is 0 Å². The number of rotatable bonds is 7. The quantitative estimate of drug-likeness (QED) is 0.692. The fourth-order valence-electron chi connectivity index (χ4n) is 3.03. The Labute approximate surface area is 163 Å². The van der Waals surface area contributed by atoms with E-state index in [4.69, 9.17) is 0 Å². The molecule has 1 saturated heterocycles. The number of amides is 1. The van der Waals surface area contributed by atoms with Crippen molar-refractivity contribution in [2.75, 3.05) is 23.8 Å². The Morgan fingerprint density at radius 1 is 1.37 bits per heavy atom. The van der Waals surface area contributed by atoms with E-state index in [0.29, 0.717) is 23.9 Å². The SMILES string of the molecule is CC(C)CN(C(=O)CSc1n[nH]c(-c2ccncc2)n1)[C@@H]1CCS(=O)(=O)C1. The molecule has 2 aromatic rings. The summed E-state index contributed by atoms with van der Waals surface area (Å²) in [6.45, 7) is 4.59. The molecule has 2 aromatic heterocycles. The van der Waals surface area contributed by atoms with Crippen LogP contribution in [0.4, 0.5) is 0 Å². The molecule has 0 unspecified atom stereocenters. The monoisotopic (exact) mass is 409 g/mol. The van der Waals surface area contributed by atoms with Crippen molar-refractivity contribution in [3.63, 3.8) is 0 Å². The molecule has 1 N–H and O–H groups in total. The van der Waals surface area contributed by atoms with Gasteiger partial charge < -0.3 is 4.90 Å². The van der Waals surface area contributed by atoms with E-state index in [1.165, 1.54) is 11.8 Å². The number of hydrogen-bond acceptors (Lipinski definition) is 7. The molecule has 3 heterocycles. The molecule has 27 heavy (non-hydrogen) atoms. The molecule has 3 rings (SSSR count). The molecule has 1 atom stereocenters. The second-order valence-corrected chi connectivity index (χ2v) is 10.2. The van der Waals surface area contributed by atoms with Crippen LogP contribution in [-0.2, 0) is 14.6 Å². The molecule has 1 fully saturated rings. The van der Waals surface area contributed by atoms with Crippen LogP contribution in [0.5, 0.6) is 0 Å². The van der Waals surface area contributed by atoms with Crippen LogP contribution in [0, 0.1) is 5.92 Å². The maximum Gasteiger partial charge on any atom is 0.233 e. The number of hydrogen-bond donors (Lipinski definition) is 1. The first-order chi connectivity index (χ1) is 12.8. The molecule has 0 aromatic carbocycles. The topological polar surface area (TPSA) is 109 Å². The summed E-state index contributed by atoms with van der Waals surface area (Å²) in [7, 11) is -3.04. The van der Waals surface area contributed by atoms with E-state index in [9.17, 15) is 13.2 Å². The van der Waals surface area contributed by atoms with Crippen LogP contribution in [0.2, 0.25) is 0 Å². The van der Waals surface area contributed by atoms with Crippen LogP contribution in [0.25, 0.3) is 11.4 Å². The summed E-state index contributed by atoms with van der Waals surface area (Å²) in [4.78, 5) is 22.8. The van der Waals surface area contributed by atoms with Gasteiger partial charge in [0.1, 0.15) is 0 Å². The summed E-state index contributed by atoms with van der Waals surface area (Å²) in [5, 5.41) is 7.49. The number of aromatic nitrogens is 4. The predicted octanol–water partition coefficient (Wildman–Crippen LogP) is 1.63. The normalized spacial score (nSPS) is 18.7. The fraction of sp³-hybridized carbons (Fsp3) is 0.529. The summed E-state index contributed by atoms with van der Waals surface area (Å²) >= 11 is 1.25. The molecule has 1 aliphatic heterocycles. The second kappa shape index (κ2) is 8.39. The highest BCUT2D eigenvalue weighted by molar-refractivity contribution is 7.99. The van der Waals surface area contributed by atoms with E-state index >= 15 is 0 Å². The highest BCUT2D eigenvalue weighted by atomic mass is 32.2. The Hall–Kier alpha value is -1.94. The Kier molecular flexibility index (Phi) is 6.15. The molecule has 0 radical (unpaired) electrons. The van der Waals surface area contributed by atoms with Gasteiger partial charge in [0.2, 0.25) is 11.1 Å². The van der Waals surface area contributed by atoms with Crippen LogP contribution in [-0.4, -0.2) is 69.2 Å². The number of thioether (sulfide) groups is 1. The van der Waals surface area contributed by atoms with Gasteiger partial charge in [0.15, 0.2) is 15.7 Å². The maximum atomic E-state index is 12.8. The van der Waals surface area contributed by atoms with Crippen molar-refractivity contribution in [1.82, 2.24) is 25.1 Å². The van der Waals surface area contributed by atoms with E-state index in [1.54, 1.807) is 17.3 Å². The van der Waals surface area contributed by atoms with Gasteiger partial charge in [0.05, 0.1) is 17.3 Å². The van der Waals surface area contributed by atoms with Gasteiger partial charge in [-0.2, -0.15) is 0 Å². The molecule has 0 bridgehead atoms. The molecular formula is C17H23N5O3S2. The summed E-state index contributed by atoms with van der Waals surface area (Å²) < 4.78 is 23.6. The summed E-state index contributed by atoms with van der Waals surface area (Å²) in [6.07, 6.45) is 3.86. The lowest BCUT2D eigenvalue weighted by Crippen LogP contribution is -2.44. The molecule has 10 heteroatoms. The van der Waals surface area contributed by atoms with E-state index in [2.05, 4.69) is 20.2 Å². The zero-order chi connectivity index (χ0) is 19.4. The number of nitrogens with one attached hydrogen (secondary N) is 1. The first-order valence-corrected chi connectivity index (χ1v) is 11.6. The minimum absolute atomic E-state index is 0.0585. The largest absolute Gasteiger partial charge is 0.338 e. The number of pyridine rings is 1. The highest BCUT2D eigenvalue weighted by Crippen LogP contribution is 2.22. The Morgan fingerprint density at radius 2 is 2.11 bits per heavy atom. The molecule has 0 aliphatic carbocycles. The van der Waals surface area contributed by atoms with Crippen LogP contribution < -0.4 is 0 Å². The van der Waals surface area contributed by atoms with Crippen molar-refractivity contribution in [3.8, 4) is 11.4 Å². The van der Waals surface area contributed by atoms with Crippen LogP contribution in [0.15, 0.2) is 29.7 Å². The van der Waals surface area contributed by atoms with E-state index < -0.39 is 9.84 Å². The number of nitrogens with zero attached hydrogens (tertiary/aromatic N) is 4. The van der Waals surface area contributed by atoms with Gasteiger partial charge in [0, 0.05) is 30.5 Å². The summed E-state index contributed by atoms with van der Waals surface area (Å²) in [5.74, 6) is 1.20. The standard InChI is InChI=1S/C17H23N5O3S2/c1-12(2)9-22(14-5-8-27(24,25)11-14)15(23)10-26-17-19-16(20-21-17)13-3-6-18-7-4-13/h3-4,6-7,12,14H,5,8-11H2,1-2H3,(H,19,20,21)/t14-/m1/s1. The number of H-pyrrole nitrogens is 1. The van der Waals surface area contributed by atoms with E-state index in [0.717, 1.165) is 5.56 Å². The van der Waals surface area contributed by atoms with Crippen molar-refractivity contribution >= 4 is 27.5 Å². The highest BCUT2D eigenvalue weighted by Gasteiger charge is 2.34. The molecule has 8 nitrogen and oxygen atoms in total. The average Bonchev–Trinajstić information content (AvgIpc) is 3.24. The van der Waals surface area contributed by atoms with Crippen LogP contribution in [0.3, 0.4) is 0 Å². The van der Waals surface area contributed by atoms with Gasteiger partial charge in [-0.25, -0.2) is 13.4 Å². The van der Waals surface area contributed by atoms with Gasteiger partial charge in [-0.15, -0.1) is 5.10 Å². The third-order valence-corrected chi connectivity index (χ3v) is 6.86. The zero-order valence-electron chi connectivity index (χ0n) is 15.3. The number of carbonyl (C=O) groups excluding carboxylic acids is 1. The lowest BCUT2D eigenvalue weighted by Gasteiger charge is -2.29. The summed E-state index contributed by atoms with van der Waals surface area (Å²) in [6, 6.07) is 3.42. The van der Waals surface area contributed by atoms with Gasteiger partial charge in [-0.1, -0.05) is 25.6 Å². The predicted molar refractivity (Wildman–Crippen MR) is 104 cm³/mol. The number of carbonyl (C=O) groups is 1. The number of sulfone groups is 1. The molecule has 146 valence electrons. The first-order valence-electron chi connectivity index (χ1n) is 8.79. The molecular weight excluding hydrogens is 386 g/mol. The van der Waals surface area contributed by atoms with Crippen molar-refractivity contribution in [3.05, 3.63) is 24.5 Å². The molecule has 0 saturated carbocycles. The summed E-state index contributed by atoms with van der Waals surface area (Å²) in [5.41, 5.74) is 0.869. The zero-order valence-corrected chi connectivity index (χ0v) is 17.0. The average molecular weight is 410 g/mol.